The first-order chi connectivity index (χ1) is 6.72. The van der Waals surface area contributed by atoms with Crippen LogP contribution in [0.1, 0.15) is 17.2 Å². The Morgan fingerprint density at radius 1 is 1.50 bits per heavy atom. The van der Waals surface area contributed by atoms with Crippen molar-refractivity contribution in [3.8, 4) is 5.75 Å². The van der Waals surface area contributed by atoms with Gasteiger partial charge in [0.05, 0.1) is 7.11 Å². The lowest BCUT2D eigenvalue weighted by atomic mass is 10.1. The van der Waals surface area contributed by atoms with Gasteiger partial charge >= 0.3 is 0 Å². The first-order valence-corrected chi connectivity index (χ1v) is 5.14. The Balaban J connectivity index is 2.95. The zero-order valence-corrected chi connectivity index (χ0v) is 9.56. The first kappa shape index (κ1) is 11.3. The van der Waals surface area contributed by atoms with Crippen LogP contribution in [0.15, 0.2) is 18.2 Å². The minimum Gasteiger partial charge on any atom is -0.496 e. The molecule has 1 rings (SSSR count). The molecule has 0 spiro atoms. The van der Waals surface area contributed by atoms with Gasteiger partial charge in [-0.25, -0.2) is 0 Å². The van der Waals surface area contributed by atoms with Gasteiger partial charge in [0.15, 0.2) is 0 Å². The van der Waals surface area contributed by atoms with E-state index in [0.29, 0.717) is 5.88 Å². The molecule has 3 heteroatoms. The number of benzene rings is 1. The monoisotopic (exact) mass is 213 g/mol. The molecule has 0 amide bonds. The van der Waals surface area contributed by atoms with Crippen LogP contribution in [0, 0.1) is 6.92 Å². The minimum absolute atomic E-state index is 0.210. The molecule has 0 aromatic heterocycles. The van der Waals surface area contributed by atoms with Crippen molar-refractivity contribution in [2.75, 3.05) is 20.0 Å². The zero-order valence-electron chi connectivity index (χ0n) is 8.80. The average Bonchev–Trinajstić information content (AvgIpc) is 2.20. The largest absolute Gasteiger partial charge is 0.496 e. The van der Waals surface area contributed by atoms with Gasteiger partial charge in [-0.15, -0.1) is 11.6 Å². The molecule has 0 fully saturated rings. The van der Waals surface area contributed by atoms with Gasteiger partial charge in [-0.05, 0) is 31.2 Å². The van der Waals surface area contributed by atoms with Crippen molar-refractivity contribution in [2.45, 2.75) is 13.0 Å². The second kappa shape index (κ2) is 5.23. The molecule has 0 radical (unpaired) electrons. The molecule has 0 aliphatic heterocycles. The highest BCUT2D eigenvalue weighted by molar-refractivity contribution is 6.18. The fourth-order valence-corrected chi connectivity index (χ4v) is 1.78. The molecule has 1 N–H and O–H groups in total. The second-order valence-electron chi connectivity index (χ2n) is 3.22. The predicted octanol–water partition coefficient (Wildman–Crippen LogP) is 2.50. The average molecular weight is 214 g/mol. The summed E-state index contributed by atoms with van der Waals surface area (Å²) < 4.78 is 5.19. The summed E-state index contributed by atoms with van der Waals surface area (Å²) in [6, 6.07) is 6.32. The number of alkyl halides is 1. The zero-order chi connectivity index (χ0) is 10.6. The van der Waals surface area contributed by atoms with Gasteiger partial charge in [0.2, 0.25) is 0 Å². The third-order valence-electron chi connectivity index (χ3n) is 2.32. The Bertz CT molecular complexity index is 297. The van der Waals surface area contributed by atoms with Crippen LogP contribution in [0.4, 0.5) is 0 Å². The lowest BCUT2D eigenvalue weighted by molar-refractivity contribution is 0.411. The second-order valence-corrected chi connectivity index (χ2v) is 3.53. The van der Waals surface area contributed by atoms with E-state index < -0.39 is 0 Å². The summed E-state index contributed by atoms with van der Waals surface area (Å²) >= 11 is 5.83. The first-order valence-electron chi connectivity index (χ1n) is 4.60. The number of ether oxygens (including phenoxy) is 1. The van der Waals surface area contributed by atoms with E-state index in [4.69, 9.17) is 16.3 Å². The van der Waals surface area contributed by atoms with E-state index in [-0.39, 0.29) is 6.04 Å². The molecular formula is C11H16ClNO. The van der Waals surface area contributed by atoms with E-state index in [1.54, 1.807) is 7.11 Å². The van der Waals surface area contributed by atoms with Crippen molar-refractivity contribution in [2.24, 2.45) is 0 Å². The van der Waals surface area contributed by atoms with Gasteiger partial charge in [-0.2, -0.15) is 0 Å². The highest BCUT2D eigenvalue weighted by Gasteiger charge is 2.08. The standard InChI is InChI=1S/C11H16ClNO/c1-8-6-9(10(7-12)13-2)4-5-11(8)14-3/h4-6,10,13H,7H2,1-3H3. The lowest BCUT2D eigenvalue weighted by Crippen LogP contribution is -2.17. The van der Waals surface area contributed by atoms with E-state index in [1.807, 2.05) is 26.1 Å². The molecule has 1 atom stereocenters. The van der Waals surface area contributed by atoms with E-state index >= 15 is 0 Å². The summed E-state index contributed by atoms with van der Waals surface area (Å²) in [5, 5.41) is 3.16. The van der Waals surface area contributed by atoms with E-state index in [1.165, 1.54) is 5.56 Å². The predicted molar refractivity (Wildman–Crippen MR) is 60.3 cm³/mol. The number of aryl methyl sites for hydroxylation is 1. The summed E-state index contributed by atoms with van der Waals surface area (Å²) in [7, 11) is 3.59. The van der Waals surface area contributed by atoms with Crippen molar-refractivity contribution in [3.63, 3.8) is 0 Å². The summed E-state index contributed by atoms with van der Waals surface area (Å²) in [4.78, 5) is 0. The van der Waals surface area contributed by atoms with Crippen LogP contribution in [0.25, 0.3) is 0 Å². The summed E-state index contributed by atoms with van der Waals surface area (Å²) in [5.74, 6) is 1.49. The highest BCUT2D eigenvalue weighted by atomic mass is 35.5. The summed E-state index contributed by atoms with van der Waals surface area (Å²) in [6.45, 7) is 2.03. The maximum Gasteiger partial charge on any atom is 0.121 e. The number of methoxy groups -OCH3 is 1. The SMILES string of the molecule is CNC(CCl)c1ccc(OC)c(C)c1. The van der Waals surface area contributed by atoms with Gasteiger partial charge in [0, 0.05) is 11.9 Å². The molecule has 1 aromatic rings. The molecule has 0 saturated carbocycles. The van der Waals surface area contributed by atoms with Crippen LogP contribution in [-0.2, 0) is 0 Å². The van der Waals surface area contributed by atoms with Crippen LogP contribution < -0.4 is 10.1 Å². The topological polar surface area (TPSA) is 21.3 Å². The van der Waals surface area contributed by atoms with Crippen LogP contribution in [0.3, 0.4) is 0 Å². The van der Waals surface area contributed by atoms with Gasteiger partial charge < -0.3 is 10.1 Å². The molecule has 1 aromatic carbocycles. The van der Waals surface area contributed by atoms with Crippen LogP contribution >= 0.6 is 11.6 Å². The molecule has 1 unspecified atom stereocenters. The molecule has 0 aliphatic carbocycles. The van der Waals surface area contributed by atoms with Gasteiger partial charge in [0.1, 0.15) is 5.75 Å². The Morgan fingerprint density at radius 3 is 2.64 bits per heavy atom. The summed E-state index contributed by atoms with van der Waals surface area (Å²) in [5.41, 5.74) is 2.33. The van der Waals surface area contributed by atoms with Gasteiger partial charge in [0.25, 0.3) is 0 Å². The smallest absolute Gasteiger partial charge is 0.121 e. The van der Waals surface area contributed by atoms with Crippen molar-refractivity contribution in [1.29, 1.82) is 0 Å². The number of hydrogen-bond donors (Lipinski definition) is 1. The van der Waals surface area contributed by atoms with Crippen LogP contribution in [0.5, 0.6) is 5.75 Å². The molecule has 14 heavy (non-hydrogen) atoms. The van der Waals surface area contributed by atoms with Crippen LogP contribution in [0.2, 0.25) is 0 Å². The molecule has 0 saturated heterocycles. The third kappa shape index (κ3) is 2.40. The Labute approximate surface area is 90.2 Å². The number of halogens is 1. The molecular weight excluding hydrogens is 198 g/mol. The van der Waals surface area contributed by atoms with Crippen molar-refractivity contribution in [3.05, 3.63) is 29.3 Å². The highest BCUT2D eigenvalue weighted by Crippen LogP contribution is 2.22. The Kier molecular flexibility index (Phi) is 4.23. The van der Waals surface area contributed by atoms with Gasteiger partial charge in [-0.3, -0.25) is 0 Å². The minimum atomic E-state index is 0.210. The maximum absolute atomic E-state index is 5.83. The number of nitrogens with one attached hydrogen (secondary N) is 1. The van der Waals surface area contributed by atoms with E-state index in [2.05, 4.69) is 11.4 Å². The van der Waals surface area contributed by atoms with Crippen molar-refractivity contribution in [1.82, 2.24) is 5.32 Å². The number of rotatable bonds is 4. The Hall–Kier alpha value is -0.730. The molecule has 0 heterocycles. The maximum atomic E-state index is 5.83. The molecule has 0 aliphatic rings. The Morgan fingerprint density at radius 2 is 2.21 bits per heavy atom. The molecule has 78 valence electrons. The van der Waals surface area contributed by atoms with E-state index in [0.717, 1.165) is 11.3 Å². The summed E-state index contributed by atoms with van der Waals surface area (Å²) in [6.07, 6.45) is 0. The van der Waals surface area contributed by atoms with E-state index in [9.17, 15) is 0 Å². The fourth-order valence-electron chi connectivity index (χ4n) is 1.45. The van der Waals surface area contributed by atoms with Crippen molar-refractivity contribution >= 4 is 11.6 Å². The van der Waals surface area contributed by atoms with Gasteiger partial charge in [-0.1, -0.05) is 12.1 Å². The molecule has 0 bridgehead atoms. The number of hydrogen-bond acceptors (Lipinski definition) is 2. The lowest BCUT2D eigenvalue weighted by Gasteiger charge is -2.15. The van der Waals surface area contributed by atoms with Crippen molar-refractivity contribution < 1.29 is 4.74 Å². The fraction of sp³-hybridized carbons (Fsp3) is 0.455. The quantitative estimate of drug-likeness (QED) is 0.777. The molecule has 2 nitrogen and oxygen atoms in total. The normalized spacial score (nSPS) is 12.6. The van der Waals surface area contributed by atoms with Crippen LogP contribution in [-0.4, -0.2) is 20.0 Å². The third-order valence-corrected chi connectivity index (χ3v) is 2.63.